The molecule has 0 atom stereocenters. The fraction of sp³-hybridized carbons (Fsp3) is 0.133. The average Bonchev–Trinajstić information content (AvgIpc) is 2.41. The first-order valence-electron chi connectivity index (χ1n) is 5.51. The van der Waals surface area contributed by atoms with Crippen LogP contribution in [-0.4, -0.2) is 0 Å². The number of benzene rings is 2. The van der Waals surface area contributed by atoms with Crippen molar-refractivity contribution in [2.75, 3.05) is 0 Å². The molecule has 86 valence electrons. The van der Waals surface area contributed by atoms with Gasteiger partial charge < -0.3 is 4.74 Å². The van der Waals surface area contributed by atoms with Gasteiger partial charge in [-0.3, -0.25) is 0 Å². The third-order valence-corrected chi connectivity index (χ3v) is 1.88. The van der Waals surface area contributed by atoms with Crippen molar-refractivity contribution in [2.24, 2.45) is 0 Å². The smallest absolute Gasteiger partial charge is 0.127 e. The van der Waals surface area contributed by atoms with Gasteiger partial charge in [0.05, 0.1) is 6.07 Å². The molecule has 0 bridgehead atoms. The predicted molar refractivity (Wildman–Crippen MR) is 68.9 cm³/mol. The Kier molecular flexibility index (Phi) is 5.98. The van der Waals surface area contributed by atoms with Gasteiger partial charge in [0.1, 0.15) is 11.5 Å². The number of para-hydroxylation sites is 2. The molecule has 0 saturated heterocycles. The lowest BCUT2D eigenvalue weighted by molar-refractivity contribution is 0.482. The van der Waals surface area contributed by atoms with Crippen LogP contribution in [0.15, 0.2) is 60.7 Å². The van der Waals surface area contributed by atoms with E-state index >= 15 is 0 Å². The van der Waals surface area contributed by atoms with E-state index in [-0.39, 0.29) is 0 Å². The molecule has 0 aliphatic carbocycles. The van der Waals surface area contributed by atoms with Crippen LogP contribution >= 0.6 is 0 Å². The first-order chi connectivity index (χ1) is 8.36. The second kappa shape index (κ2) is 7.95. The van der Waals surface area contributed by atoms with E-state index in [0.29, 0.717) is 6.42 Å². The van der Waals surface area contributed by atoms with E-state index in [1.807, 2.05) is 73.7 Å². The minimum Gasteiger partial charge on any atom is -0.457 e. The molecular formula is C15H15NO. The lowest BCUT2D eigenvalue weighted by Gasteiger charge is -2.03. The molecule has 0 saturated carbocycles. The molecule has 0 heterocycles. The van der Waals surface area contributed by atoms with Gasteiger partial charge in [-0.05, 0) is 24.3 Å². The Morgan fingerprint density at radius 2 is 1.24 bits per heavy atom. The Bertz CT molecular complexity index is 408. The zero-order valence-electron chi connectivity index (χ0n) is 9.84. The molecular weight excluding hydrogens is 210 g/mol. The largest absolute Gasteiger partial charge is 0.457 e. The minimum atomic E-state index is 0.625. The Balaban J connectivity index is 0.000000317. The third-order valence-electron chi connectivity index (χ3n) is 1.88. The average molecular weight is 225 g/mol. The van der Waals surface area contributed by atoms with E-state index in [2.05, 4.69) is 0 Å². The molecule has 0 amide bonds. The summed E-state index contributed by atoms with van der Waals surface area (Å²) in [4.78, 5) is 0. The van der Waals surface area contributed by atoms with Crippen LogP contribution in [0.5, 0.6) is 11.5 Å². The Labute approximate surface area is 102 Å². The minimum absolute atomic E-state index is 0.625. The summed E-state index contributed by atoms with van der Waals surface area (Å²) < 4.78 is 5.58. The number of hydrogen-bond donors (Lipinski definition) is 0. The molecule has 0 aromatic heterocycles. The van der Waals surface area contributed by atoms with E-state index in [0.717, 1.165) is 11.5 Å². The fourth-order valence-corrected chi connectivity index (χ4v) is 1.11. The number of nitriles is 1. The van der Waals surface area contributed by atoms with Crippen LogP contribution in [0, 0.1) is 11.3 Å². The van der Waals surface area contributed by atoms with Gasteiger partial charge in [0.25, 0.3) is 0 Å². The third kappa shape index (κ3) is 5.39. The van der Waals surface area contributed by atoms with Crippen molar-refractivity contribution in [3.8, 4) is 17.6 Å². The van der Waals surface area contributed by atoms with Gasteiger partial charge in [-0.25, -0.2) is 0 Å². The number of hydrogen-bond acceptors (Lipinski definition) is 2. The maximum Gasteiger partial charge on any atom is 0.127 e. The van der Waals surface area contributed by atoms with Crippen molar-refractivity contribution in [3.63, 3.8) is 0 Å². The van der Waals surface area contributed by atoms with Crippen LogP contribution in [0.25, 0.3) is 0 Å². The second-order valence-corrected chi connectivity index (χ2v) is 3.24. The molecule has 0 spiro atoms. The highest BCUT2D eigenvalue weighted by Gasteiger charge is 1.92. The van der Waals surface area contributed by atoms with Crippen LogP contribution in [0.1, 0.15) is 13.3 Å². The SMILES string of the molecule is CCC#N.c1ccc(Oc2ccccc2)cc1. The maximum absolute atomic E-state index is 7.62. The van der Waals surface area contributed by atoms with Gasteiger partial charge in [0.15, 0.2) is 0 Å². The first kappa shape index (κ1) is 12.8. The molecule has 2 aromatic rings. The van der Waals surface area contributed by atoms with Crippen molar-refractivity contribution >= 4 is 0 Å². The first-order valence-corrected chi connectivity index (χ1v) is 5.51. The van der Waals surface area contributed by atoms with Crippen molar-refractivity contribution in [1.29, 1.82) is 5.26 Å². The van der Waals surface area contributed by atoms with Gasteiger partial charge in [0, 0.05) is 6.42 Å². The van der Waals surface area contributed by atoms with E-state index in [4.69, 9.17) is 10.00 Å². The van der Waals surface area contributed by atoms with Gasteiger partial charge in [-0.1, -0.05) is 43.3 Å². The van der Waals surface area contributed by atoms with Crippen molar-refractivity contribution in [1.82, 2.24) is 0 Å². The molecule has 2 heteroatoms. The lowest BCUT2D eigenvalue weighted by atomic mass is 10.3. The molecule has 0 aliphatic heterocycles. The monoisotopic (exact) mass is 225 g/mol. The van der Waals surface area contributed by atoms with Crippen LogP contribution < -0.4 is 4.74 Å². The highest BCUT2D eigenvalue weighted by Crippen LogP contribution is 2.19. The molecule has 0 unspecified atom stereocenters. The van der Waals surface area contributed by atoms with E-state index in [1.54, 1.807) is 0 Å². The molecule has 0 radical (unpaired) electrons. The molecule has 0 aliphatic rings. The van der Waals surface area contributed by atoms with Crippen LogP contribution in [0.3, 0.4) is 0 Å². The summed E-state index contributed by atoms with van der Waals surface area (Å²) in [6, 6.07) is 21.4. The summed E-state index contributed by atoms with van der Waals surface area (Å²) in [6.45, 7) is 1.82. The lowest BCUT2D eigenvalue weighted by Crippen LogP contribution is -1.81. The van der Waals surface area contributed by atoms with E-state index < -0.39 is 0 Å². The number of ether oxygens (including phenoxy) is 1. The highest BCUT2D eigenvalue weighted by atomic mass is 16.5. The zero-order chi connectivity index (χ0) is 12.3. The molecule has 2 aromatic carbocycles. The summed E-state index contributed by atoms with van der Waals surface area (Å²) in [5.74, 6) is 1.74. The number of rotatable bonds is 2. The van der Waals surface area contributed by atoms with Gasteiger partial charge in [0.2, 0.25) is 0 Å². The van der Waals surface area contributed by atoms with Crippen LogP contribution in [0.2, 0.25) is 0 Å². The predicted octanol–water partition coefficient (Wildman–Crippen LogP) is 4.40. The molecule has 0 N–H and O–H groups in total. The van der Waals surface area contributed by atoms with Gasteiger partial charge in [-0.2, -0.15) is 5.26 Å². The molecule has 17 heavy (non-hydrogen) atoms. The summed E-state index contributed by atoms with van der Waals surface area (Å²) in [6.07, 6.45) is 0.625. The normalized spacial score (nSPS) is 8.47. The van der Waals surface area contributed by atoms with Crippen molar-refractivity contribution in [3.05, 3.63) is 60.7 Å². The van der Waals surface area contributed by atoms with Crippen molar-refractivity contribution < 1.29 is 4.74 Å². The number of nitrogens with zero attached hydrogens (tertiary/aromatic N) is 1. The molecule has 0 fully saturated rings. The van der Waals surface area contributed by atoms with Gasteiger partial charge in [-0.15, -0.1) is 0 Å². The maximum atomic E-state index is 7.62. The fourth-order valence-electron chi connectivity index (χ4n) is 1.11. The highest BCUT2D eigenvalue weighted by molar-refractivity contribution is 5.30. The van der Waals surface area contributed by atoms with E-state index in [1.165, 1.54) is 0 Å². The quantitative estimate of drug-likeness (QED) is 0.759. The molecule has 2 nitrogen and oxygen atoms in total. The van der Waals surface area contributed by atoms with Crippen LogP contribution in [0.4, 0.5) is 0 Å². The Hall–Kier alpha value is -2.27. The van der Waals surface area contributed by atoms with Gasteiger partial charge >= 0.3 is 0 Å². The summed E-state index contributed by atoms with van der Waals surface area (Å²) in [7, 11) is 0. The van der Waals surface area contributed by atoms with E-state index in [9.17, 15) is 0 Å². The summed E-state index contributed by atoms with van der Waals surface area (Å²) >= 11 is 0. The van der Waals surface area contributed by atoms with Crippen LogP contribution in [-0.2, 0) is 0 Å². The summed E-state index contributed by atoms with van der Waals surface area (Å²) in [5.41, 5.74) is 0. The summed E-state index contributed by atoms with van der Waals surface area (Å²) in [5, 5.41) is 7.62. The van der Waals surface area contributed by atoms with Crippen molar-refractivity contribution in [2.45, 2.75) is 13.3 Å². The Morgan fingerprint density at radius 1 is 0.882 bits per heavy atom. The topological polar surface area (TPSA) is 33.0 Å². The Morgan fingerprint density at radius 3 is 1.53 bits per heavy atom. The molecule has 2 rings (SSSR count). The second-order valence-electron chi connectivity index (χ2n) is 3.24. The standard InChI is InChI=1S/C12H10O.C3H5N/c1-3-7-11(8-4-1)13-12-9-5-2-6-10-12;1-2-3-4/h1-10H;2H2,1H3. The zero-order valence-corrected chi connectivity index (χ0v) is 9.84.